The van der Waals surface area contributed by atoms with Crippen LogP contribution in [0.4, 0.5) is 11.4 Å². The quantitative estimate of drug-likeness (QED) is 0.493. The highest BCUT2D eigenvalue weighted by Crippen LogP contribution is 2.37. The Morgan fingerprint density at radius 1 is 1.33 bits per heavy atom. The van der Waals surface area contributed by atoms with Crippen LogP contribution in [0.15, 0.2) is 18.2 Å². The predicted molar refractivity (Wildman–Crippen MR) is 84.1 cm³/mol. The van der Waals surface area contributed by atoms with Crippen LogP contribution < -0.4 is 5.73 Å². The molecule has 0 aliphatic heterocycles. The molecule has 0 amide bonds. The maximum Gasteiger partial charge on any atom is 0.292 e. The SMILES string of the molecule is CN(Cc1ccc(N)c([N+](=O)[O-])c1)CC1(N(C)C)CCC1. The summed E-state index contributed by atoms with van der Waals surface area (Å²) in [5.41, 5.74) is 7.02. The van der Waals surface area contributed by atoms with Gasteiger partial charge in [-0.1, -0.05) is 6.07 Å². The number of likely N-dealkylation sites (N-methyl/N-ethyl adjacent to an activating group) is 2. The molecule has 0 heterocycles. The van der Waals surface area contributed by atoms with E-state index in [-0.39, 0.29) is 16.9 Å². The molecule has 0 aromatic heterocycles. The largest absolute Gasteiger partial charge is 0.393 e. The Morgan fingerprint density at radius 2 is 2.00 bits per heavy atom. The van der Waals surface area contributed by atoms with Gasteiger partial charge < -0.3 is 15.5 Å². The van der Waals surface area contributed by atoms with Gasteiger partial charge in [0.25, 0.3) is 5.69 Å². The summed E-state index contributed by atoms with van der Waals surface area (Å²) in [4.78, 5) is 15.0. The van der Waals surface area contributed by atoms with Crippen LogP contribution in [0.25, 0.3) is 0 Å². The van der Waals surface area contributed by atoms with Gasteiger partial charge in [0.05, 0.1) is 4.92 Å². The third-order valence-corrected chi connectivity index (χ3v) is 4.54. The minimum Gasteiger partial charge on any atom is -0.393 e. The molecule has 21 heavy (non-hydrogen) atoms. The number of hydrogen-bond donors (Lipinski definition) is 1. The molecule has 1 aromatic rings. The van der Waals surface area contributed by atoms with E-state index in [1.807, 2.05) is 6.07 Å². The number of nitrogens with two attached hydrogens (primary N) is 1. The monoisotopic (exact) mass is 292 g/mol. The summed E-state index contributed by atoms with van der Waals surface area (Å²) in [5, 5.41) is 10.9. The third kappa shape index (κ3) is 3.33. The fourth-order valence-electron chi connectivity index (χ4n) is 3.05. The molecule has 1 aromatic carbocycles. The van der Waals surface area contributed by atoms with Gasteiger partial charge in [-0.15, -0.1) is 0 Å². The van der Waals surface area contributed by atoms with Crippen LogP contribution in [-0.2, 0) is 6.54 Å². The Labute approximate surface area is 125 Å². The van der Waals surface area contributed by atoms with E-state index in [1.165, 1.54) is 19.3 Å². The molecule has 1 fully saturated rings. The number of nitrogens with zero attached hydrogens (tertiary/aromatic N) is 3. The van der Waals surface area contributed by atoms with Gasteiger partial charge in [-0.05, 0) is 52.0 Å². The second-order valence-corrected chi connectivity index (χ2v) is 6.29. The summed E-state index contributed by atoms with van der Waals surface area (Å²) in [6.07, 6.45) is 3.71. The van der Waals surface area contributed by atoms with E-state index >= 15 is 0 Å². The highest BCUT2D eigenvalue weighted by atomic mass is 16.6. The van der Waals surface area contributed by atoms with Gasteiger partial charge in [-0.3, -0.25) is 10.1 Å². The van der Waals surface area contributed by atoms with Gasteiger partial charge in [0.15, 0.2) is 0 Å². The van der Waals surface area contributed by atoms with Gasteiger partial charge in [-0.25, -0.2) is 0 Å². The molecule has 2 rings (SSSR count). The van der Waals surface area contributed by atoms with Crippen molar-refractivity contribution in [3.8, 4) is 0 Å². The summed E-state index contributed by atoms with van der Waals surface area (Å²) in [7, 11) is 6.31. The average molecular weight is 292 g/mol. The second kappa shape index (κ2) is 5.99. The summed E-state index contributed by atoms with van der Waals surface area (Å²) in [5.74, 6) is 0. The molecule has 2 N–H and O–H groups in total. The lowest BCUT2D eigenvalue weighted by Crippen LogP contribution is -2.56. The summed E-state index contributed by atoms with van der Waals surface area (Å²) in [6.45, 7) is 1.66. The lowest BCUT2D eigenvalue weighted by molar-refractivity contribution is -0.384. The zero-order chi connectivity index (χ0) is 15.6. The minimum atomic E-state index is -0.425. The number of hydrogen-bond acceptors (Lipinski definition) is 5. The molecule has 6 heteroatoms. The maximum absolute atomic E-state index is 10.9. The molecule has 116 valence electrons. The Morgan fingerprint density at radius 3 is 2.48 bits per heavy atom. The van der Waals surface area contributed by atoms with Crippen molar-refractivity contribution >= 4 is 11.4 Å². The van der Waals surface area contributed by atoms with Crippen molar-refractivity contribution in [2.75, 3.05) is 33.4 Å². The number of nitro groups is 1. The topological polar surface area (TPSA) is 75.6 Å². The van der Waals surface area contributed by atoms with Crippen molar-refractivity contribution in [3.05, 3.63) is 33.9 Å². The minimum absolute atomic E-state index is 0.00753. The Hall–Kier alpha value is -1.66. The van der Waals surface area contributed by atoms with E-state index in [0.717, 1.165) is 12.1 Å². The van der Waals surface area contributed by atoms with Gasteiger partial charge in [0, 0.05) is 24.7 Å². The number of anilines is 1. The molecule has 1 aliphatic rings. The highest BCUT2D eigenvalue weighted by Gasteiger charge is 2.39. The van der Waals surface area contributed by atoms with E-state index in [2.05, 4.69) is 30.9 Å². The number of nitro benzene ring substituents is 1. The lowest BCUT2D eigenvalue weighted by Gasteiger charge is -2.49. The van der Waals surface area contributed by atoms with Crippen LogP contribution in [0, 0.1) is 10.1 Å². The number of benzene rings is 1. The molecule has 0 radical (unpaired) electrons. The summed E-state index contributed by atoms with van der Waals surface area (Å²) in [6, 6.07) is 5.06. The van der Waals surface area contributed by atoms with Crippen molar-refractivity contribution in [1.82, 2.24) is 9.80 Å². The van der Waals surface area contributed by atoms with E-state index in [1.54, 1.807) is 12.1 Å². The summed E-state index contributed by atoms with van der Waals surface area (Å²) < 4.78 is 0. The summed E-state index contributed by atoms with van der Waals surface area (Å²) >= 11 is 0. The first-order chi connectivity index (χ1) is 9.84. The Bertz CT molecular complexity index is 526. The van der Waals surface area contributed by atoms with Crippen LogP contribution >= 0.6 is 0 Å². The van der Waals surface area contributed by atoms with E-state index < -0.39 is 4.92 Å². The maximum atomic E-state index is 10.9. The van der Waals surface area contributed by atoms with Crippen LogP contribution in [0.2, 0.25) is 0 Å². The van der Waals surface area contributed by atoms with Crippen molar-refractivity contribution in [2.24, 2.45) is 0 Å². The molecule has 1 saturated carbocycles. The van der Waals surface area contributed by atoms with Crippen LogP contribution in [-0.4, -0.2) is 47.9 Å². The molecule has 0 spiro atoms. The number of nitrogen functional groups attached to an aromatic ring is 1. The first-order valence-electron chi connectivity index (χ1n) is 7.23. The molecule has 0 saturated heterocycles. The lowest BCUT2D eigenvalue weighted by atomic mass is 9.75. The normalized spacial score (nSPS) is 17.0. The Balaban J connectivity index is 2.04. The van der Waals surface area contributed by atoms with Crippen LogP contribution in [0.5, 0.6) is 0 Å². The van der Waals surface area contributed by atoms with Crippen molar-refractivity contribution < 1.29 is 4.92 Å². The van der Waals surface area contributed by atoms with Gasteiger partial charge in [0.2, 0.25) is 0 Å². The molecular formula is C15H24N4O2. The van der Waals surface area contributed by atoms with Crippen LogP contribution in [0.1, 0.15) is 24.8 Å². The zero-order valence-electron chi connectivity index (χ0n) is 13.0. The van der Waals surface area contributed by atoms with Crippen molar-refractivity contribution in [1.29, 1.82) is 0 Å². The highest BCUT2D eigenvalue weighted by molar-refractivity contribution is 5.59. The van der Waals surface area contributed by atoms with Crippen LogP contribution in [0.3, 0.4) is 0 Å². The van der Waals surface area contributed by atoms with Gasteiger partial charge >= 0.3 is 0 Å². The third-order valence-electron chi connectivity index (χ3n) is 4.54. The fourth-order valence-corrected chi connectivity index (χ4v) is 3.05. The van der Waals surface area contributed by atoms with Gasteiger partial charge in [0.1, 0.15) is 5.69 Å². The van der Waals surface area contributed by atoms with Crippen molar-refractivity contribution in [2.45, 2.75) is 31.3 Å². The van der Waals surface area contributed by atoms with E-state index in [0.29, 0.717) is 6.54 Å². The second-order valence-electron chi connectivity index (χ2n) is 6.29. The zero-order valence-corrected chi connectivity index (χ0v) is 13.0. The molecule has 6 nitrogen and oxygen atoms in total. The first kappa shape index (κ1) is 15.7. The van der Waals surface area contributed by atoms with E-state index in [9.17, 15) is 10.1 Å². The Kier molecular flexibility index (Phi) is 4.49. The first-order valence-corrected chi connectivity index (χ1v) is 7.23. The number of rotatable bonds is 6. The van der Waals surface area contributed by atoms with E-state index in [4.69, 9.17) is 5.73 Å². The predicted octanol–water partition coefficient (Wildman–Crippen LogP) is 2.09. The smallest absolute Gasteiger partial charge is 0.292 e. The standard InChI is InChI=1S/C15H24N4O2/c1-17(2)15(7-4-8-15)11-18(3)10-12-5-6-13(16)14(9-12)19(20)21/h5-6,9H,4,7-8,10-11,16H2,1-3H3. The average Bonchev–Trinajstić information content (AvgIpc) is 2.35. The molecule has 0 unspecified atom stereocenters. The van der Waals surface area contributed by atoms with Gasteiger partial charge in [-0.2, -0.15) is 0 Å². The molecule has 0 atom stereocenters. The molecule has 0 bridgehead atoms. The molecular weight excluding hydrogens is 268 g/mol. The fraction of sp³-hybridized carbons (Fsp3) is 0.600. The molecule has 1 aliphatic carbocycles. The van der Waals surface area contributed by atoms with Crippen molar-refractivity contribution in [3.63, 3.8) is 0 Å².